The number of nitrogens with one attached hydrogen (secondary N) is 1. The Kier molecular flexibility index (Phi) is 6.67. The fraction of sp³-hybridized carbons (Fsp3) is 0.423. The molecule has 3 amide bonds. The van der Waals surface area contributed by atoms with Crippen molar-refractivity contribution < 1.29 is 19.1 Å². The first-order valence-electron chi connectivity index (χ1n) is 11.5. The Morgan fingerprint density at radius 1 is 1.15 bits per heavy atom. The van der Waals surface area contributed by atoms with Crippen molar-refractivity contribution in [1.82, 2.24) is 4.90 Å². The van der Waals surface area contributed by atoms with E-state index in [0.717, 1.165) is 17.5 Å². The van der Waals surface area contributed by atoms with Gasteiger partial charge in [-0.2, -0.15) is 0 Å². The first kappa shape index (κ1) is 22.8. The number of ether oxygens (including phenoxy) is 1. The number of hydrogen-bond acceptors (Lipinski definition) is 4. The van der Waals surface area contributed by atoms with Crippen LogP contribution >= 0.6 is 0 Å². The third kappa shape index (κ3) is 4.87. The maximum atomic E-state index is 13.4. The Bertz CT molecular complexity index is 1070. The highest BCUT2D eigenvalue weighted by Crippen LogP contribution is 2.34. The lowest BCUT2D eigenvalue weighted by molar-refractivity contribution is -0.140. The highest BCUT2D eigenvalue weighted by atomic mass is 16.5. The molecule has 2 aromatic rings. The van der Waals surface area contributed by atoms with Crippen molar-refractivity contribution in [3.05, 3.63) is 53.6 Å². The number of nitrogens with zero attached hydrogens (tertiary/aromatic N) is 2. The van der Waals surface area contributed by atoms with E-state index in [1.165, 1.54) is 0 Å². The molecule has 0 bridgehead atoms. The van der Waals surface area contributed by atoms with Gasteiger partial charge in [0.2, 0.25) is 17.7 Å². The summed E-state index contributed by atoms with van der Waals surface area (Å²) in [5.41, 5.74) is 3.45. The average Bonchev–Trinajstić information content (AvgIpc) is 3.23. The molecule has 174 valence electrons. The molecule has 2 aliphatic rings. The largest absolute Gasteiger partial charge is 0.494 e. The Labute approximate surface area is 194 Å². The summed E-state index contributed by atoms with van der Waals surface area (Å²) in [5, 5.41) is 2.97. The minimum Gasteiger partial charge on any atom is -0.494 e. The molecule has 0 radical (unpaired) electrons. The predicted octanol–water partition coefficient (Wildman–Crippen LogP) is 3.76. The van der Waals surface area contributed by atoms with Crippen LogP contribution in [0.15, 0.2) is 42.5 Å². The third-order valence-corrected chi connectivity index (χ3v) is 6.27. The van der Waals surface area contributed by atoms with Crippen LogP contribution in [0.5, 0.6) is 5.75 Å². The molecule has 33 heavy (non-hydrogen) atoms. The van der Waals surface area contributed by atoms with Gasteiger partial charge in [0.1, 0.15) is 11.8 Å². The number of carbonyl (C=O) groups is 3. The van der Waals surface area contributed by atoms with Crippen LogP contribution in [0.4, 0.5) is 11.4 Å². The van der Waals surface area contributed by atoms with E-state index in [2.05, 4.69) is 5.32 Å². The average molecular weight is 450 g/mol. The number of fused-ring (bicyclic) bond motifs is 1. The predicted molar refractivity (Wildman–Crippen MR) is 127 cm³/mol. The van der Waals surface area contributed by atoms with Gasteiger partial charge in [-0.15, -0.1) is 0 Å². The molecular formula is C26H31N3O4. The first-order valence-corrected chi connectivity index (χ1v) is 11.5. The summed E-state index contributed by atoms with van der Waals surface area (Å²) >= 11 is 0. The van der Waals surface area contributed by atoms with E-state index in [1.54, 1.807) is 35.1 Å². The molecule has 0 aliphatic carbocycles. The molecule has 1 unspecified atom stereocenters. The summed E-state index contributed by atoms with van der Waals surface area (Å²) in [6.07, 6.45) is 2.23. The van der Waals surface area contributed by atoms with Crippen molar-refractivity contribution in [2.75, 3.05) is 23.9 Å². The van der Waals surface area contributed by atoms with Crippen LogP contribution in [0.3, 0.4) is 0 Å². The molecule has 2 aromatic carbocycles. The van der Waals surface area contributed by atoms with Gasteiger partial charge in [0.25, 0.3) is 0 Å². The topological polar surface area (TPSA) is 79.0 Å². The quantitative estimate of drug-likeness (QED) is 0.728. The van der Waals surface area contributed by atoms with Crippen LogP contribution in [0.2, 0.25) is 0 Å². The molecule has 1 saturated heterocycles. The SMILES string of the molecule is COc1cc(NC(=O)C2Cc3ccccc3CN2C(=O)CC(C)C)ccc1N1CCCC1=O. The van der Waals surface area contributed by atoms with Gasteiger partial charge >= 0.3 is 0 Å². The lowest BCUT2D eigenvalue weighted by Gasteiger charge is -2.36. The first-order chi connectivity index (χ1) is 15.9. The number of carbonyl (C=O) groups excluding carboxylic acids is 3. The molecule has 2 aliphatic heterocycles. The number of rotatable bonds is 6. The minimum absolute atomic E-state index is 0.0138. The van der Waals surface area contributed by atoms with E-state index in [9.17, 15) is 14.4 Å². The number of benzene rings is 2. The van der Waals surface area contributed by atoms with Gasteiger partial charge in [-0.1, -0.05) is 38.1 Å². The second-order valence-electron chi connectivity index (χ2n) is 9.13. The van der Waals surface area contributed by atoms with Gasteiger partial charge in [0.05, 0.1) is 12.8 Å². The Balaban J connectivity index is 1.56. The van der Waals surface area contributed by atoms with E-state index >= 15 is 0 Å². The lowest BCUT2D eigenvalue weighted by Crippen LogP contribution is -2.50. The molecule has 7 nitrogen and oxygen atoms in total. The summed E-state index contributed by atoms with van der Waals surface area (Å²) in [6.45, 7) is 5.10. The Morgan fingerprint density at radius 2 is 1.91 bits per heavy atom. The number of methoxy groups -OCH3 is 1. The highest BCUT2D eigenvalue weighted by Gasteiger charge is 2.35. The number of amides is 3. The van der Waals surface area contributed by atoms with Gasteiger partial charge in [-0.05, 0) is 35.6 Å². The standard InChI is InChI=1S/C26H31N3O4/c1-17(2)13-25(31)29-16-19-8-5-4-7-18(19)14-22(29)26(32)27-20-10-11-21(23(15-20)33-3)28-12-6-9-24(28)30/h4-5,7-8,10-11,15,17,22H,6,9,12-14,16H2,1-3H3,(H,27,32). The van der Waals surface area contributed by atoms with Crippen LogP contribution in [-0.2, 0) is 27.3 Å². The summed E-state index contributed by atoms with van der Waals surface area (Å²) in [7, 11) is 1.55. The van der Waals surface area contributed by atoms with Gasteiger partial charge < -0.3 is 19.9 Å². The Hall–Kier alpha value is -3.35. The molecule has 7 heteroatoms. The molecular weight excluding hydrogens is 418 g/mol. The van der Waals surface area contributed by atoms with Crippen molar-refractivity contribution in [3.63, 3.8) is 0 Å². The van der Waals surface area contributed by atoms with Gasteiger partial charge in [0.15, 0.2) is 0 Å². The van der Waals surface area contributed by atoms with Gasteiger partial charge in [-0.3, -0.25) is 14.4 Å². The zero-order valence-electron chi connectivity index (χ0n) is 19.5. The molecule has 1 fully saturated rings. The third-order valence-electron chi connectivity index (χ3n) is 6.27. The molecule has 2 heterocycles. The van der Waals surface area contributed by atoms with Crippen LogP contribution in [0.1, 0.15) is 44.2 Å². The second kappa shape index (κ2) is 9.65. The van der Waals surface area contributed by atoms with Crippen LogP contribution < -0.4 is 15.0 Å². The van der Waals surface area contributed by atoms with E-state index in [1.807, 2.05) is 38.1 Å². The van der Waals surface area contributed by atoms with E-state index < -0.39 is 6.04 Å². The zero-order chi connectivity index (χ0) is 23.5. The maximum Gasteiger partial charge on any atom is 0.247 e. The molecule has 0 spiro atoms. The van der Waals surface area contributed by atoms with Gasteiger partial charge in [-0.25, -0.2) is 0 Å². The highest BCUT2D eigenvalue weighted by molar-refractivity contribution is 6.00. The molecule has 0 saturated carbocycles. The monoisotopic (exact) mass is 449 g/mol. The van der Waals surface area contributed by atoms with Crippen molar-refractivity contribution in [1.29, 1.82) is 0 Å². The normalized spacial score (nSPS) is 17.8. The summed E-state index contributed by atoms with van der Waals surface area (Å²) < 4.78 is 5.51. The van der Waals surface area contributed by atoms with Crippen LogP contribution in [0, 0.1) is 5.92 Å². The van der Waals surface area contributed by atoms with Crippen molar-refractivity contribution >= 4 is 29.1 Å². The molecule has 1 atom stereocenters. The smallest absolute Gasteiger partial charge is 0.247 e. The van der Waals surface area contributed by atoms with Crippen LogP contribution in [-0.4, -0.2) is 42.3 Å². The lowest BCUT2D eigenvalue weighted by atomic mass is 9.92. The fourth-order valence-corrected chi connectivity index (χ4v) is 4.59. The van der Waals surface area contributed by atoms with Crippen molar-refractivity contribution in [2.45, 2.75) is 52.1 Å². The van der Waals surface area contributed by atoms with Crippen LogP contribution in [0.25, 0.3) is 0 Å². The molecule has 0 aromatic heterocycles. The van der Waals surface area contributed by atoms with Crippen molar-refractivity contribution in [2.24, 2.45) is 5.92 Å². The molecule has 1 N–H and O–H groups in total. The number of hydrogen-bond donors (Lipinski definition) is 1. The van der Waals surface area contributed by atoms with E-state index in [4.69, 9.17) is 4.74 Å². The second-order valence-corrected chi connectivity index (χ2v) is 9.13. The van der Waals surface area contributed by atoms with Gasteiger partial charge in [0, 0.05) is 44.1 Å². The number of anilines is 2. The zero-order valence-corrected chi connectivity index (χ0v) is 19.5. The Morgan fingerprint density at radius 3 is 2.58 bits per heavy atom. The minimum atomic E-state index is -0.586. The molecule has 4 rings (SSSR count). The van der Waals surface area contributed by atoms with E-state index in [0.29, 0.717) is 49.5 Å². The van der Waals surface area contributed by atoms with Crippen molar-refractivity contribution in [3.8, 4) is 5.75 Å². The summed E-state index contributed by atoms with van der Waals surface area (Å²) in [4.78, 5) is 41.9. The maximum absolute atomic E-state index is 13.4. The summed E-state index contributed by atoms with van der Waals surface area (Å²) in [6, 6.07) is 12.7. The summed E-state index contributed by atoms with van der Waals surface area (Å²) in [5.74, 6) is 0.576. The van der Waals surface area contributed by atoms with E-state index in [-0.39, 0.29) is 23.6 Å². The fourth-order valence-electron chi connectivity index (χ4n) is 4.59.